The summed E-state index contributed by atoms with van der Waals surface area (Å²) in [7, 11) is 0. The number of alkyl halides is 6. The first-order valence-corrected chi connectivity index (χ1v) is 8.38. The maximum Gasteiger partial charge on any atom is 0.573 e. The molecule has 0 saturated carbocycles. The summed E-state index contributed by atoms with van der Waals surface area (Å²) in [5.41, 5.74) is -0.545. The predicted octanol–water partition coefficient (Wildman–Crippen LogP) is 3.70. The molecule has 0 fully saturated rings. The molecule has 0 atom stereocenters. The number of Topliss-reactive ketones (excluding diaryl/α,β-unsaturated/α-hetero) is 1. The maximum atomic E-state index is 12.0. The zero-order chi connectivity index (χ0) is 24.8. The molecular formula is C18H11F6N3O6. The Kier molecular flexibility index (Phi) is 7.48. The second-order valence-corrected chi connectivity index (χ2v) is 5.79. The fraction of sp³-hybridized carbons (Fsp3) is 0.111. The molecule has 15 heteroatoms. The summed E-state index contributed by atoms with van der Waals surface area (Å²) in [5, 5.41) is 14.6. The highest BCUT2D eigenvalue weighted by Crippen LogP contribution is 2.36. The second-order valence-electron chi connectivity index (χ2n) is 5.79. The van der Waals surface area contributed by atoms with Gasteiger partial charge < -0.3 is 25.3 Å². The van der Waals surface area contributed by atoms with Gasteiger partial charge in [0.05, 0.1) is 16.9 Å². The first-order valence-electron chi connectivity index (χ1n) is 8.38. The molecule has 1 heterocycles. The van der Waals surface area contributed by atoms with Gasteiger partial charge in [0.2, 0.25) is 0 Å². The molecule has 0 saturated heterocycles. The molecular weight excluding hydrogens is 468 g/mol. The van der Waals surface area contributed by atoms with Gasteiger partial charge in [-0.15, -0.1) is 26.3 Å². The van der Waals surface area contributed by atoms with Crippen molar-refractivity contribution in [3.8, 4) is 11.5 Å². The molecule has 3 N–H and O–H groups in total. The molecule has 2 aromatic rings. The third kappa shape index (κ3) is 7.41. The second kappa shape index (κ2) is 9.88. The number of oxime groups is 1. The number of carbonyl (C=O) groups is 3. The van der Waals surface area contributed by atoms with Crippen LogP contribution in [0.2, 0.25) is 0 Å². The van der Waals surface area contributed by atoms with Crippen molar-refractivity contribution in [1.82, 2.24) is 0 Å². The van der Waals surface area contributed by atoms with E-state index >= 15 is 0 Å². The van der Waals surface area contributed by atoms with Crippen LogP contribution in [-0.2, 0) is 9.59 Å². The van der Waals surface area contributed by atoms with Crippen LogP contribution in [0.25, 0.3) is 0 Å². The number of hydrogen-bond donors (Lipinski definition) is 3. The molecule has 33 heavy (non-hydrogen) atoms. The first-order chi connectivity index (χ1) is 15.3. The van der Waals surface area contributed by atoms with Gasteiger partial charge in [0.25, 0.3) is 17.6 Å². The average Bonchev–Trinajstić information content (AvgIpc) is 2.97. The Morgan fingerprint density at radius 1 is 0.939 bits per heavy atom. The maximum absolute atomic E-state index is 12.0. The van der Waals surface area contributed by atoms with E-state index in [1.165, 1.54) is 30.3 Å². The Morgan fingerprint density at radius 3 is 2.12 bits per heavy atom. The molecule has 1 aliphatic rings. The number of fused-ring (bicyclic) bond motifs is 1. The van der Waals surface area contributed by atoms with Crippen LogP contribution in [0.3, 0.4) is 0 Å². The number of halogens is 6. The van der Waals surface area contributed by atoms with Crippen LogP contribution in [0.1, 0.15) is 10.4 Å². The molecule has 0 spiro atoms. The molecule has 9 nitrogen and oxygen atoms in total. The third-order valence-corrected chi connectivity index (χ3v) is 3.49. The summed E-state index contributed by atoms with van der Waals surface area (Å²) in [6, 6.07) is 8.46. The van der Waals surface area contributed by atoms with Crippen molar-refractivity contribution in [2.45, 2.75) is 12.7 Å². The van der Waals surface area contributed by atoms with Gasteiger partial charge in [-0.3, -0.25) is 14.4 Å². The standard InChI is InChI=1S/C9H7F3N2O3.C9H4F3NO3/c10-9(11,12)17-7-4-2-1-3-6(7)14-8(15)5-13-16;10-9(11,12)16-5-3-1-2-4-6(5)13-8(15)7(4)14/h1-5,16H,(H,14,15);1-3H,(H,13,14,15)/b13-5+;. The number of amides is 2. The van der Waals surface area contributed by atoms with Crippen LogP contribution in [0, 0.1) is 0 Å². The molecule has 0 radical (unpaired) electrons. The molecule has 0 aromatic heterocycles. The lowest BCUT2D eigenvalue weighted by Gasteiger charge is -2.12. The summed E-state index contributed by atoms with van der Waals surface area (Å²) in [6.45, 7) is 0. The van der Waals surface area contributed by atoms with Crippen LogP contribution in [-0.4, -0.2) is 41.7 Å². The number of anilines is 2. The van der Waals surface area contributed by atoms with Crippen molar-refractivity contribution in [2.75, 3.05) is 10.6 Å². The van der Waals surface area contributed by atoms with Crippen molar-refractivity contribution < 1.29 is 55.4 Å². The van der Waals surface area contributed by atoms with Gasteiger partial charge in [-0.05, 0) is 24.3 Å². The third-order valence-electron chi connectivity index (χ3n) is 3.49. The monoisotopic (exact) mass is 479 g/mol. The fourth-order valence-electron chi connectivity index (χ4n) is 2.35. The Hall–Kier alpha value is -4.30. The molecule has 0 aliphatic carbocycles. The normalized spacial score (nSPS) is 13.0. The summed E-state index contributed by atoms with van der Waals surface area (Å²) in [6.07, 6.45) is -9.22. The van der Waals surface area contributed by atoms with Crippen molar-refractivity contribution in [3.63, 3.8) is 0 Å². The Morgan fingerprint density at radius 2 is 1.52 bits per heavy atom. The van der Waals surface area contributed by atoms with Gasteiger partial charge in [0.1, 0.15) is 6.21 Å². The van der Waals surface area contributed by atoms with Crippen molar-refractivity contribution in [1.29, 1.82) is 0 Å². The number of benzene rings is 2. The molecule has 2 amide bonds. The lowest BCUT2D eigenvalue weighted by molar-refractivity contribution is -0.275. The number of nitrogens with zero attached hydrogens (tertiary/aromatic N) is 1. The summed E-state index contributed by atoms with van der Waals surface area (Å²) >= 11 is 0. The van der Waals surface area contributed by atoms with Gasteiger partial charge >= 0.3 is 12.7 Å². The van der Waals surface area contributed by atoms with Crippen LogP contribution in [0.4, 0.5) is 37.7 Å². The van der Waals surface area contributed by atoms with E-state index in [1.54, 1.807) is 0 Å². The Labute approximate surface area is 179 Å². The number of rotatable bonds is 4. The highest BCUT2D eigenvalue weighted by atomic mass is 19.4. The highest BCUT2D eigenvalue weighted by molar-refractivity contribution is 6.52. The van der Waals surface area contributed by atoms with Gasteiger partial charge in [-0.1, -0.05) is 23.4 Å². The molecule has 3 rings (SSSR count). The fourth-order valence-corrected chi connectivity index (χ4v) is 2.35. The summed E-state index contributed by atoms with van der Waals surface area (Å²) in [4.78, 5) is 33.1. The van der Waals surface area contributed by atoms with Crippen molar-refractivity contribution in [2.24, 2.45) is 5.16 Å². The lowest BCUT2D eigenvalue weighted by atomic mass is 10.1. The van der Waals surface area contributed by atoms with E-state index in [1.807, 2.05) is 5.32 Å². The minimum atomic E-state index is -4.87. The highest BCUT2D eigenvalue weighted by Gasteiger charge is 2.36. The number of para-hydroxylation sites is 3. The number of nitrogens with one attached hydrogen (secondary N) is 2. The number of ketones is 1. The van der Waals surface area contributed by atoms with E-state index < -0.39 is 41.8 Å². The Balaban J connectivity index is 0.000000234. The zero-order valence-corrected chi connectivity index (χ0v) is 15.8. The summed E-state index contributed by atoms with van der Waals surface area (Å²) < 4.78 is 79.3. The van der Waals surface area contributed by atoms with Crippen LogP contribution >= 0.6 is 0 Å². The minimum Gasteiger partial charge on any atom is -0.411 e. The van der Waals surface area contributed by atoms with E-state index in [9.17, 15) is 40.7 Å². The molecule has 176 valence electrons. The van der Waals surface area contributed by atoms with Crippen molar-refractivity contribution in [3.05, 3.63) is 48.0 Å². The van der Waals surface area contributed by atoms with Gasteiger partial charge in [0, 0.05) is 0 Å². The minimum absolute atomic E-state index is 0.119. The van der Waals surface area contributed by atoms with Crippen molar-refractivity contribution >= 4 is 35.2 Å². The van der Waals surface area contributed by atoms with E-state index in [-0.39, 0.29) is 16.9 Å². The number of ether oxygens (including phenoxy) is 2. The quantitative estimate of drug-likeness (QED) is 0.202. The average molecular weight is 479 g/mol. The molecule has 0 bridgehead atoms. The molecule has 1 aliphatic heterocycles. The molecule has 0 unspecified atom stereocenters. The first kappa shape index (κ1) is 25.0. The predicted molar refractivity (Wildman–Crippen MR) is 98.1 cm³/mol. The number of carbonyl (C=O) groups excluding carboxylic acids is 3. The Bertz CT molecular complexity index is 1080. The lowest BCUT2D eigenvalue weighted by Crippen LogP contribution is -2.19. The van der Waals surface area contributed by atoms with E-state index in [0.29, 0.717) is 6.21 Å². The van der Waals surface area contributed by atoms with Gasteiger partial charge in [-0.2, -0.15) is 0 Å². The van der Waals surface area contributed by atoms with E-state index in [2.05, 4.69) is 19.9 Å². The van der Waals surface area contributed by atoms with E-state index in [4.69, 9.17) is 5.21 Å². The van der Waals surface area contributed by atoms with E-state index in [0.717, 1.165) is 12.1 Å². The van der Waals surface area contributed by atoms with Gasteiger partial charge in [0.15, 0.2) is 11.5 Å². The SMILES string of the molecule is O=C(/C=N/O)Nc1ccccc1OC(F)(F)F.O=C1Nc2c(OC(F)(F)F)cccc2C1=O. The zero-order valence-electron chi connectivity index (χ0n) is 15.8. The number of hydrogen-bond acceptors (Lipinski definition) is 7. The van der Waals surface area contributed by atoms with Crippen LogP contribution < -0.4 is 20.1 Å². The topological polar surface area (TPSA) is 126 Å². The van der Waals surface area contributed by atoms with Crippen LogP contribution in [0.15, 0.2) is 47.6 Å². The summed E-state index contributed by atoms with van der Waals surface area (Å²) in [5.74, 6) is -3.87. The largest absolute Gasteiger partial charge is 0.573 e. The molecule has 2 aromatic carbocycles. The van der Waals surface area contributed by atoms with Gasteiger partial charge in [-0.25, -0.2) is 0 Å². The van der Waals surface area contributed by atoms with Crippen LogP contribution in [0.5, 0.6) is 11.5 Å². The smallest absolute Gasteiger partial charge is 0.411 e.